The molecule has 0 aliphatic carbocycles. The third kappa shape index (κ3) is 3.93. The first kappa shape index (κ1) is 13.8. The summed E-state index contributed by atoms with van der Waals surface area (Å²) in [6.45, 7) is 3.94. The van der Waals surface area contributed by atoms with Crippen molar-refractivity contribution < 1.29 is 0 Å². The molecule has 0 saturated carbocycles. The molecule has 0 aliphatic rings. The number of unbranched alkanes of at least 4 members (excludes halogenated alkanes) is 3. The Morgan fingerprint density at radius 1 is 1.11 bits per heavy atom. The van der Waals surface area contributed by atoms with E-state index in [4.69, 9.17) is 5.73 Å². The fourth-order valence-corrected chi connectivity index (χ4v) is 2.29. The maximum Gasteiger partial charge on any atom is 0.0568 e. The SMILES string of the molecule is Cc1ccccc1-c1cnn(CCCCCCN)c1. The molecule has 0 atom stereocenters. The lowest BCUT2D eigenvalue weighted by Crippen LogP contribution is -2.00. The van der Waals surface area contributed by atoms with Crippen LogP contribution in [0, 0.1) is 6.92 Å². The smallest absolute Gasteiger partial charge is 0.0568 e. The predicted octanol–water partition coefficient (Wildman–Crippen LogP) is 3.38. The molecule has 0 aliphatic heterocycles. The molecule has 3 heteroatoms. The van der Waals surface area contributed by atoms with Crippen LogP contribution in [0.3, 0.4) is 0 Å². The molecule has 2 rings (SSSR count). The van der Waals surface area contributed by atoms with Crippen molar-refractivity contribution >= 4 is 0 Å². The summed E-state index contributed by atoms with van der Waals surface area (Å²) in [5.74, 6) is 0. The third-order valence-electron chi connectivity index (χ3n) is 3.43. The monoisotopic (exact) mass is 257 g/mol. The van der Waals surface area contributed by atoms with Gasteiger partial charge in [-0.2, -0.15) is 5.10 Å². The second-order valence-corrected chi connectivity index (χ2v) is 5.01. The molecule has 0 spiro atoms. The number of nitrogens with zero attached hydrogens (tertiary/aromatic N) is 2. The van der Waals surface area contributed by atoms with E-state index in [2.05, 4.69) is 42.5 Å². The summed E-state index contributed by atoms with van der Waals surface area (Å²) in [6.07, 6.45) is 8.87. The van der Waals surface area contributed by atoms with E-state index >= 15 is 0 Å². The lowest BCUT2D eigenvalue weighted by Gasteiger charge is -2.02. The minimum atomic E-state index is 0.805. The van der Waals surface area contributed by atoms with Crippen molar-refractivity contribution in [3.05, 3.63) is 42.2 Å². The summed E-state index contributed by atoms with van der Waals surface area (Å²) < 4.78 is 2.05. The lowest BCUT2D eigenvalue weighted by atomic mass is 10.0. The molecule has 19 heavy (non-hydrogen) atoms. The highest BCUT2D eigenvalue weighted by Crippen LogP contribution is 2.22. The van der Waals surface area contributed by atoms with Gasteiger partial charge in [0.05, 0.1) is 6.20 Å². The molecule has 3 nitrogen and oxygen atoms in total. The average molecular weight is 257 g/mol. The first-order chi connectivity index (χ1) is 9.31. The van der Waals surface area contributed by atoms with Gasteiger partial charge in [-0.1, -0.05) is 37.1 Å². The molecule has 1 aromatic carbocycles. The highest BCUT2D eigenvalue weighted by Gasteiger charge is 2.03. The van der Waals surface area contributed by atoms with Gasteiger partial charge in [-0.15, -0.1) is 0 Å². The number of aryl methyl sites for hydroxylation is 2. The predicted molar refractivity (Wildman–Crippen MR) is 79.9 cm³/mol. The Hall–Kier alpha value is -1.61. The number of benzene rings is 1. The van der Waals surface area contributed by atoms with Crippen LogP contribution in [0.5, 0.6) is 0 Å². The standard InChI is InChI=1S/C16H23N3/c1-14-8-4-5-9-16(14)15-12-18-19(13-15)11-7-3-2-6-10-17/h4-5,8-9,12-13H,2-3,6-7,10-11,17H2,1H3. The van der Waals surface area contributed by atoms with Crippen molar-refractivity contribution in [3.8, 4) is 11.1 Å². The van der Waals surface area contributed by atoms with Gasteiger partial charge in [-0.25, -0.2) is 0 Å². The van der Waals surface area contributed by atoms with Gasteiger partial charge in [0, 0.05) is 18.3 Å². The fraction of sp³-hybridized carbons (Fsp3) is 0.438. The molecule has 0 saturated heterocycles. The average Bonchev–Trinajstić information content (AvgIpc) is 2.88. The molecule has 0 bridgehead atoms. The van der Waals surface area contributed by atoms with Crippen LogP contribution in [0.25, 0.3) is 11.1 Å². The summed E-state index contributed by atoms with van der Waals surface area (Å²) >= 11 is 0. The van der Waals surface area contributed by atoms with E-state index in [0.29, 0.717) is 0 Å². The van der Waals surface area contributed by atoms with Crippen LogP contribution in [0.15, 0.2) is 36.7 Å². The first-order valence-corrected chi connectivity index (χ1v) is 7.10. The Morgan fingerprint density at radius 3 is 2.68 bits per heavy atom. The van der Waals surface area contributed by atoms with Gasteiger partial charge < -0.3 is 5.73 Å². The maximum atomic E-state index is 5.49. The molecular formula is C16H23N3. The Bertz CT molecular complexity index is 502. The summed E-state index contributed by atoms with van der Waals surface area (Å²) in [5, 5.41) is 4.44. The molecular weight excluding hydrogens is 234 g/mol. The van der Waals surface area contributed by atoms with Crippen LogP contribution >= 0.6 is 0 Å². The van der Waals surface area contributed by atoms with Crippen molar-refractivity contribution in [2.45, 2.75) is 39.2 Å². The topological polar surface area (TPSA) is 43.8 Å². The molecule has 0 radical (unpaired) electrons. The molecule has 2 aromatic rings. The van der Waals surface area contributed by atoms with E-state index in [9.17, 15) is 0 Å². The Morgan fingerprint density at radius 2 is 1.89 bits per heavy atom. The Balaban J connectivity index is 1.91. The van der Waals surface area contributed by atoms with Crippen LogP contribution in [-0.2, 0) is 6.54 Å². The van der Waals surface area contributed by atoms with E-state index in [1.54, 1.807) is 0 Å². The maximum absolute atomic E-state index is 5.49. The Labute approximate surface area is 115 Å². The van der Waals surface area contributed by atoms with Gasteiger partial charge in [0.1, 0.15) is 0 Å². The number of aromatic nitrogens is 2. The molecule has 1 heterocycles. The van der Waals surface area contributed by atoms with Crippen molar-refractivity contribution in [1.29, 1.82) is 0 Å². The van der Waals surface area contributed by atoms with E-state index in [1.165, 1.54) is 36.0 Å². The van der Waals surface area contributed by atoms with Crippen molar-refractivity contribution in [2.24, 2.45) is 5.73 Å². The highest BCUT2D eigenvalue weighted by molar-refractivity contribution is 5.65. The zero-order valence-corrected chi connectivity index (χ0v) is 11.7. The molecule has 102 valence electrons. The normalized spacial score (nSPS) is 10.8. The van der Waals surface area contributed by atoms with E-state index in [0.717, 1.165) is 19.5 Å². The van der Waals surface area contributed by atoms with Gasteiger partial charge in [0.15, 0.2) is 0 Å². The fourth-order valence-electron chi connectivity index (χ4n) is 2.29. The van der Waals surface area contributed by atoms with Crippen LogP contribution in [0.4, 0.5) is 0 Å². The van der Waals surface area contributed by atoms with Gasteiger partial charge in [0.2, 0.25) is 0 Å². The molecule has 1 aromatic heterocycles. The van der Waals surface area contributed by atoms with Crippen LogP contribution in [-0.4, -0.2) is 16.3 Å². The minimum Gasteiger partial charge on any atom is -0.330 e. The molecule has 0 fully saturated rings. The van der Waals surface area contributed by atoms with E-state index in [-0.39, 0.29) is 0 Å². The minimum absolute atomic E-state index is 0.805. The lowest BCUT2D eigenvalue weighted by molar-refractivity contribution is 0.537. The van der Waals surface area contributed by atoms with Crippen LogP contribution in [0.2, 0.25) is 0 Å². The largest absolute Gasteiger partial charge is 0.330 e. The number of hydrogen-bond acceptors (Lipinski definition) is 2. The summed E-state index contributed by atoms with van der Waals surface area (Å²) in [7, 11) is 0. The highest BCUT2D eigenvalue weighted by atomic mass is 15.3. The zero-order chi connectivity index (χ0) is 13.5. The second-order valence-electron chi connectivity index (χ2n) is 5.01. The second kappa shape index (κ2) is 7.10. The van der Waals surface area contributed by atoms with Gasteiger partial charge in [-0.05, 0) is 37.4 Å². The summed E-state index contributed by atoms with van der Waals surface area (Å²) in [5.41, 5.74) is 9.27. The van der Waals surface area contributed by atoms with Crippen molar-refractivity contribution in [3.63, 3.8) is 0 Å². The van der Waals surface area contributed by atoms with Crippen molar-refractivity contribution in [1.82, 2.24) is 9.78 Å². The summed E-state index contributed by atoms with van der Waals surface area (Å²) in [6, 6.07) is 8.44. The summed E-state index contributed by atoms with van der Waals surface area (Å²) in [4.78, 5) is 0. The Kier molecular flexibility index (Phi) is 5.16. The van der Waals surface area contributed by atoms with E-state index in [1.807, 2.05) is 10.9 Å². The van der Waals surface area contributed by atoms with Gasteiger partial charge >= 0.3 is 0 Å². The van der Waals surface area contributed by atoms with Crippen LogP contribution < -0.4 is 5.73 Å². The molecule has 2 N–H and O–H groups in total. The van der Waals surface area contributed by atoms with Crippen molar-refractivity contribution in [2.75, 3.05) is 6.54 Å². The molecule has 0 unspecified atom stereocenters. The van der Waals surface area contributed by atoms with Gasteiger partial charge in [0.25, 0.3) is 0 Å². The quantitative estimate of drug-likeness (QED) is 0.773. The van der Waals surface area contributed by atoms with E-state index < -0.39 is 0 Å². The first-order valence-electron chi connectivity index (χ1n) is 7.10. The molecule has 0 amide bonds. The third-order valence-corrected chi connectivity index (χ3v) is 3.43. The number of nitrogens with two attached hydrogens (primary N) is 1. The zero-order valence-electron chi connectivity index (χ0n) is 11.7. The number of rotatable bonds is 7. The number of hydrogen-bond donors (Lipinski definition) is 1. The van der Waals surface area contributed by atoms with Gasteiger partial charge in [-0.3, -0.25) is 4.68 Å². The van der Waals surface area contributed by atoms with Crippen LogP contribution in [0.1, 0.15) is 31.2 Å².